The highest BCUT2D eigenvalue weighted by atomic mass is 16.1. The van der Waals surface area contributed by atoms with Gasteiger partial charge in [-0.15, -0.1) is 0 Å². The third-order valence-electron chi connectivity index (χ3n) is 7.71. The molecule has 5 nitrogen and oxygen atoms in total. The largest absolute Gasteiger partial charge is 0.289 e. The van der Waals surface area contributed by atoms with Crippen molar-refractivity contribution in [3.8, 4) is 0 Å². The Hall–Kier alpha value is -6.33. The summed E-state index contributed by atoms with van der Waals surface area (Å²) in [4.78, 5) is 70.5. The van der Waals surface area contributed by atoms with Crippen LogP contribution in [0.5, 0.6) is 0 Å². The van der Waals surface area contributed by atoms with Crippen LogP contribution >= 0.6 is 0 Å². The lowest BCUT2D eigenvalue weighted by atomic mass is 9.83. The van der Waals surface area contributed by atoms with Gasteiger partial charge in [-0.3, -0.25) is 24.0 Å². The van der Waals surface area contributed by atoms with Gasteiger partial charge in [0.15, 0.2) is 28.9 Å². The molecule has 0 aliphatic rings. The van der Waals surface area contributed by atoms with Gasteiger partial charge in [-0.25, -0.2) is 0 Å². The third-order valence-corrected chi connectivity index (χ3v) is 7.71. The molecule has 0 atom stereocenters. The Morgan fingerprint density at radius 2 is 0.478 bits per heavy atom. The van der Waals surface area contributed by atoms with Gasteiger partial charge < -0.3 is 0 Å². The van der Waals surface area contributed by atoms with E-state index in [1.807, 2.05) is 0 Å². The lowest BCUT2D eigenvalue weighted by Crippen LogP contribution is -2.21. The van der Waals surface area contributed by atoms with E-state index in [1.54, 1.807) is 133 Å². The molecule has 6 rings (SSSR count). The van der Waals surface area contributed by atoms with Crippen LogP contribution in [0.1, 0.15) is 79.6 Å². The molecule has 6 aromatic rings. The quantitative estimate of drug-likeness (QED) is 0.150. The van der Waals surface area contributed by atoms with Crippen molar-refractivity contribution < 1.29 is 24.0 Å². The van der Waals surface area contributed by atoms with E-state index in [0.29, 0.717) is 22.3 Å². The second kappa shape index (κ2) is 13.1. The summed E-state index contributed by atoms with van der Waals surface area (Å²) < 4.78 is 0. The Balaban J connectivity index is 1.58. The first-order valence-electron chi connectivity index (χ1n) is 14.7. The molecule has 0 bridgehead atoms. The lowest BCUT2D eigenvalue weighted by molar-refractivity contribution is 0.0981. The highest BCUT2D eigenvalue weighted by Gasteiger charge is 2.30. The zero-order chi connectivity index (χ0) is 32.0. The molecule has 0 heterocycles. The summed E-state index contributed by atoms with van der Waals surface area (Å²) in [6, 6.07) is 42.9. The molecular formula is C41H26O5. The Kier molecular flexibility index (Phi) is 8.48. The van der Waals surface area contributed by atoms with Crippen LogP contribution in [0.25, 0.3) is 0 Å². The number of rotatable bonds is 10. The van der Waals surface area contributed by atoms with E-state index in [1.165, 1.54) is 24.3 Å². The average molecular weight is 599 g/mol. The molecule has 0 radical (unpaired) electrons. The van der Waals surface area contributed by atoms with Crippen molar-refractivity contribution in [3.63, 3.8) is 0 Å². The van der Waals surface area contributed by atoms with Crippen molar-refractivity contribution in [3.05, 3.63) is 213 Å². The average Bonchev–Trinajstić information content (AvgIpc) is 3.14. The second-order valence-electron chi connectivity index (χ2n) is 10.6. The van der Waals surface area contributed by atoms with Gasteiger partial charge in [0, 0.05) is 55.6 Å². The normalized spacial score (nSPS) is 10.6. The number of ketones is 5. The van der Waals surface area contributed by atoms with E-state index in [9.17, 15) is 24.0 Å². The van der Waals surface area contributed by atoms with Gasteiger partial charge in [-0.1, -0.05) is 158 Å². The lowest BCUT2D eigenvalue weighted by Gasteiger charge is -2.17. The molecule has 0 aliphatic heterocycles. The van der Waals surface area contributed by atoms with Gasteiger partial charge >= 0.3 is 0 Å². The number of carbonyl (C=O) groups excluding carboxylic acids is 5. The summed E-state index contributed by atoms with van der Waals surface area (Å²) in [7, 11) is 0. The number of benzene rings is 6. The summed E-state index contributed by atoms with van der Waals surface area (Å²) in [5.74, 6) is -2.55. The van der Waals surface area contributed by atoms with Crippen LogP contribution < -0.4 is 0 Å². The fraction of sp³-hybridized carbons (Fsp3) is 0. The molecule has 0 aromatic heterocycles. The first kappa shape index (κ1) is 29.7. The standard InChI is InChI=1S/C41H26O5/c42-37(27-15-5-1-6-16-27)31-23-13-25-33(35(31)39(44)29-19-9-3-10-20-29)41(46)34-26-14-24-32(38(43)28-17-7-2-8-18-28)36(34)40(45)30-21-11-4-12-22-30/h1-26H. The smallest absolute Gasteiger partial charge is 0.194 e. The number of hydrogen-bond donors (Lipinski definition) is 0. The van der Waals surface area contributed by atoms with Gasteiger partial charge in [0.2, 0.25) is 0 Å². The van der Waals surface area contributed by atoms with E-state index in [2.05, 4.69) is 0 Å². The number of hydrogen-bond acceptors (Lipinski definition) is 5. The van der Waals surface area contributed by atoms with Crippen LogP contribution in [-0.4, -0.2) is 28.9 Å². The predicted molar refractivity (Wildman–Crippen MR) is 176 cm³/mol. The zero-order valence-electron chi connectivity index (χ0n) is 24.6. The number of carbonyl (C=O) groups is 5. The molecule has 0 saturated carbocycles. The van der Waals surface area contributed by atoms with Crippen LogP contribution in [0.15, 0.2) is 158 Å². The topological polar surface area (TPSA) is 85.3 Å². The summed E-state index contributed by atoms with van der Waals surface area (Å²) in [6.45, 7) is 0. The Morgan fingerprint density at radius 3 is 0.761 bits per heavy atom. The predicted octanol–water partition coefficient (Wildman–Crippen LogP) is 7.84. The molecule has 0 spiro atoms. The molecule has 5 heteroatoms. The third kappa shape index (κ3) is 5.77. The van der Waals surface area contributed by atoms with E-state index in [4.69, 9.17) is 0 Å². The van der Waals surface area contributed by atoms with Crippen molar-refractivity contribution in [2.24, 2.45) is 0 Å². The van der Waals surface area contributed by atoms with Crippen molar-refractivity contribution in [2.75, 3.05) is 0 Å². The summed E-state index contributed by atoms with van der Waals surface area (Å²) in [5, 5.41) is 0. The van der Waals surface area contributed by atoms with E-state index < -0.39 is 28.9 Å². The Morgan fingerprint density at radius 1 is 0.239 bits per heavy atom. The molecule has 0 N–H and O–H groups in total. The molecule has 220 valence electrons. The maximum Gasteiger partial charge on any atom is 0.194 e. The molecule has 0 amide bonds. The van der Waals surface area contributed by atoms with Crippen LogP contribution in [0.2, 0.25) is 0 Å². The van der Waals surface area contributed by atoms with Gasteiger partial charge in [0.05, 0.1) is 0 Å². The van der Waals surface area contributed by atoms with Crippen molar-refractivity contribution in [1.29, 1.82) is 0 Å². The van der Waals surface area contributed by atoms with Crippen LogP contribution in [0.4, 0.5) is 0 Å². The monoisotopic (exact) mass is 598 g/mol. The molecule has 0 fully saturated rings. The highest BCUT2D eigenvalue weighted by molar-refractivity contribution is 6.29. The van der Waals surface area contributed by atoms with Gasteiger partial charge in [0.1, 0.15) is 0 Å². The minimum Gasteiger partial charge on any atom is -0.289 e. The van der Waals surface area contributed by atoms with E-state index in [-0.39, 0.29) is 33.4 Å². The minimum atomic E-state index is -0.663. The fourth-order valence-corrected chi connectivity index (χ4v) is 5.45. The molecule has 0 saturated heterocycles. The van der Waals surface area contributed by atoms with Crippen LogP contribution in [0, 0.1) is 0 Å². The zero-order valence-corrected chi connectivity index (χ0v) is 24.6. The summed E-state index contributed by atoms with van der Waals surface area (Å²) in [5.41, 5.74) is 1.13. The fourth-order valence-electron chi connectivity index (χ4n) is 5.45. The molecule has 46 heavy (non-hydrogen) atoms. The summed E-state index contributed by atoms with van der Waals surface area (Å²) >= 11 is 0. The first-order valence-corrected chi connectivity index (χ1v) is 14.7. The van der Waals surface area contributed by atoms with E-state index >= 15 is 0 Å². The Labute approximate surface area is 265 Å². The maximum absolute atomic E-state index is 14.7. The van der Waals surface area contributed by atoms with Gasteiger partial charge in [-0.05, 0) is 0 Å². The van der Waals surface area contributed by atoms with Crippen LogP contribution in [-0.2, 0) is 0 Å². The minimum absolute atomic E-state index is 0.0537. The first-order chi connectivity index (χ1) is 22.5. The highest BCUT2D eigenvalue weighted by Crippen LogP contribution is 2.29. The maximum atomic E-state index is 14.7. The second-order valence-corrected chi connectivity index (χ2v) is 10.6. The molecule has 6 aromatic carbocycles. The Bertz CT molecular complexity index is 1950. The van der Waals surface area contributed by atoms with Crippen molar-refractivity contribution in [1.82, 2.24) is 0 Å². The van der Waals surface area contributed by atoms with Crippen LogP contribution in [0.3, 0.4) is 0 Å². The van der Waals surface area contributed by atoms with Crippen molar-refractivity contribution in [2.45, 2.75) is 0 Å². The van der Waals surface area contributed by atoms with Gasteiger partial charge in [-0.2, -0.15) is 0 Å². The van der Waals surface area contributed by atoms with Crippen molar-refractivity contribution >= 4 is 28.9 Å². The molecule has 0 aliphatic carbocycles. The molecular weight excluding hydrogens is 572 g/mol. The summed E-state index contributed by atoms with van der Waals surface area (Å²) in [6.07, 6.45) is 0. The van der Waals surface area contributed by atoms with E-state index in [0.717, 1.165) is 0 Å². The SMILES string of the molecule is O=C(c1ccccc1)c1cccc(C(=O)c2cccc(C(=O)c3ccccc3)c2C(=O)c2ccccc2)c1C(=O)c1ccccc1. The van der Waals surface area contributed by atoms with Gasteiger partial charge in [0.25, 0.3) is 0 Å². The molecule has 0 unspecified atom stereocenters.